The Kier molecular flexibility index (Phi) is 5.47. The van der Waals surface area contributed by atoms with Gasteiger partial charge in [0, 0.05) is 29.4 Å². The third kappa shape index (κ3) is 4.12. The molecule has 1 amide bonds. The van der Waals surface area contributed by atoms with Crippen LogP contribution in [0.4, 0.5) is 17.1 Å². The summed E-state index contributed by atoms with van der Waals surface area (Å²) in [5.74, 6) is -0.399. The largest absolute Gasteiger partial charge is 0.380 e. The number of nitrogens with one attached hydrogen (secondary N) is 2. The van der Waals surface area contributed by atoms with E-state index in [1.54, 1.807) is 12.1 Å². The Morgan fingerprint density at radius 1 is 0.963 bits per heavy atom. The van der Waals surface area contributed by atoms with Crippen LogP contribution in [-0.2, 0) is 0 Å². The molecule has 3 rings (SSSR count). The van der Waals surface area contributed by atoms with E-state index in [1.807, 2.05) is 61.5 Å². The van der Waals surface area contributed by atoms with E-state index in [9.17, 15) is 14.9 Å². The summed E-state index contributed by atoms with van der Waals surface area (Å²) in [5.41, 5.74) is 3.00. The Morgan fingerprint density at radius 2 is 1.67 bits per heavy atom. The van der Waals surface area contributed by atoms with Crippen molar-refractivity contribution in [3.63, 3.8) is 0 Å². The normalized spacial score (nSPS) is 10.3. The zero-order valence-corrected chi connectivity index (χ0v) is 14.8. The van der Waals surface area contributed by atoms with Crippen LogP contribution in [0.1, 0.15) is 17.3 Å². The minimum atomic E-state index is -0.493. The van der Waals surface area contributed by atoms with E-state index < -0.39 is 10.8 Å². The third-order valence-corrected chi connectivity index (χ3v) is 4.08. The number of hydrogen-bond acceptors (Lipinski definition) is 4. The number of amides is 1. The van der Waals surface area contributed by atoms with E-state index in [2.05, 4.69) is 10.6 Å². The second-order valence-electron chi connectivity index (χ2n) is 5.89. The first-order chi connectivity index (χ1) is 13.1. The number of carbonyl (C=O) groups excluding carboxylic acids is 1. The van der Waals surface area contributed by atoms with Crippen molar-refractivity contribution < 1.29 is 9.72 Å². The molecule has 2 N–H and O–H groups in total. The van der Waals surface area contributed by atoms with Gasteiger partial charge in [0.25, 0.3) is 11.6 Å². The highest BCUT2D eigenvalue weighted by atomic mass is 16.6. The molecule has 0 fully saturated rings. The zero-order chi connectivity index (χ0) is 19.2. The van der Waals surface area contributed by atoms with E-state index in [4.69, 9.17) is 0 Å². The summed E-state index contributed by atoms with van der Waals surface area (Å²) in [6.45, 7) is 2.40. The number of rotatable bonds is 6. The molecule has 6 heteroatoms. The van der Waals surface area contributed by atoms with E-state index in [0.29, 0.717) is 17.9 Å². The summed E-state index contributed by atoms with van der Waals surface area (Å²) < 4.78 is 0. The first kappa shape index (κ1) is 18.1. The summed E-state index contributed by atoms with van der Waals surface area (Å²) in [6.07, 6.45) is 0. The van der Waals surface area contributed by atoms with Gasteiger partial charge in [-0.3, -0.25) is 14.9 Å². The van der Waals surface area contributed by atoms with Gasteiger partial charge in [0.05, 0.1) is 4.92 Å². The second kappa shape index (κ2) is 8.14. The van der Waals surface area contributed by atoms with Crippen molar-refractivity contribution in [3.8, 4) is 11.1 Å². The van der Waals surface area contributed by atoms with Gasteiger partial charge in [-0.25, -0.2) is 0 Å². The molecule has 0 aliphatic heterocycles. The fraction of sp³-hybridized carbons (Fsp3) is 0.0952. The molecular formula is C21H19N3O3. The molecule has 0 atom stereocenters. The Balaban J connectivity index is 1.91. The van der Waals surface area contributed by atoms with Crippen LogP contribution < -0.4 is 10.6 Å². The maximum atomic E-state index is 12.7. The Morgan fingerprint density at radius 3 is 2.37 bits per heavy atom. The SMILES string of the molecule is CCNc1ccc(C(=O)Nc2ccccc2-c2ccccc2)cc1[N+](=O)[O-]. The first-order valence-electron chi connectivity index (χ1n) is 8.58. The van der Waals surface area contributed by atoms with Crippen molar-refractivity contribution in [2.24, 2.45) is 0 Å². The van der Waals surface area contributed by atoms with Crippen LogP contribution in [0, 0.1) is 10.1 Å². The lowest BCUT2D eigenvalue weighted by Crippen LogP contribution is -2.13. The molecule has 0 spiro atoms. The van der Waals surface area contributed by atoms with Crippen LogP contribution >= 0.6 is 0 Å². The maximum Gasteiger partial charge on any atom is 0.293 e. The summed E-state index contributed by atoms with van der Waals surface area (Å²) in [6, 6.07) is 21.6. The molecule has 0 heterocycles. The van der Waals surface area contributed by atoms with Gasteiger partial charge in [-0.05, 0) is 30.7 Å². The lowest BCUT2D eigenvalue weighted by molar-refractivity contribution is -0.384. The molecule has 0 aliphatic rings. The molecular weight excluding hydrogens is 342 g/mol. The van der Waals surface area contributed by atoms with Crippen LogP contribution in [0.2, 0.25) is 0 Å². The van der Waals surface area contributed by atoms with Gasteiger partial charge in [0.15, 0.2) is 0 Å². The molecule has 0 aromatic heterocycles. The fourth-order valence-electron chi connectivity index (χ4n) is 2.82. The van der Waals surface area contributed by atoms with Gasteiger partial charge in [0.2, 0.25) is 0 Å². The van der Waals surface area contributed by atoms with E-state index >= 15 is 0 Å². The standard InChI is InChI=1S/C21H19N3O3/c1-2-22-19-13-12-16(14-20(19)24(26)27)21(25)23-18-11-7-6-10-17(18)15-8-4-3-5-9-15/h3-14,22H,2H2,1H3,(H,23,25). The van der Waals surface area contributed by atoms with Crippen molar-refractivity contribution in [3.05, 3.63) is 88.5 Å². The number of nitro benzene ring substituents is 1. The molecule has 6 nitrogen and oxygen atoms in total. The fourth-order valence-corrected chi connectivity index (χ4v) is 2.82. The average Bonchev–Trinajstić information content (AvgIpc) is 2.69. The van der Waals surface area contributed by atoms with Crippen LogP contribution in [0.5, 0.6) is 0 Å². The van der Waals surface area contributed by atoms with E-state index in [0.717, 1.165) is 11.1 Å². The Bertz CT molecular complexity index is 971. The van der Waals surface area contributed by atoms with Crippen molar-refractivity contribution in [1.82, 2.24) is 0 Å². The monoisotopic (exact) mass is 361 g/mol. The molecule has 0 aliphatic carbocycles. The topological polar surface area (TPSA) is 84.3 Å². The number of hydrogen-bond donors (Lipinski definition) is 2. The number of nitrogens with zero attached hydrogens (tertiary/aromatic N) is 1. The summed E-state index contributed by atoms with van der Waals surface area (Å²) in [4.78, 5) is 23.5. The quantitative estimate of drug-likeness (QED) is 0.481. The molecule has 0 bridgehead atoms. The summed E-state index contributed by atoms with van der Waals surface area (Å²) in [5, 5.41) is 17.1. The van der Waals surface area contributed by atoms with Gasteiger partial charge < -0.3 is 10.6 Å². The zero-order valence-electron chi connectivity index (χ0n) is 14.8. The predicted molar refractivity (Wildman–Crippen MR) is 107 cm³/mol. The van der Waals surface area contributed by atoms with Crippen molar-refractivity contribution in [1.29, 1.82) is 0 Å². The highest BCUT2D eigenvalue weighted by molar-refractivity contribution is 6.07. The van der Waals surface area contributed by atoms with Crippen LogP contribution in [-0.4, -0.2) is 17.4 Å². The van der Waals surface area contributed by atoms with E-state index in [1.165, 1.54) is 6.07 Å². The highest BCUT2D eigenvalue weighted by Crippen LogP contribution is 2.29. The Labute approximate surface area is 157 Å². The Hall–Kier alpha value is -3.67. The minimum Gasteiger partial charge on any atom is -0.380 e. The number of carbonyl (C=O) groups is 1. The van der Waals surface area contributed by atoms with Crippen molar-refractivity contribution in [2.75, 3.05) is 17.2 Å². The summed E-state index contributed by atoms with van der Waals surface area (Å²) in [7, 11) is 0. The lowest BCUT2D eigenvalue weighted by atomic mass is 10.0. The molecule has 0 radical (unpaired) electrons. The van der Waals surface area contributed by atoms with E-state index in [-0.39, 0.29) is 11.3 Å². The van der Waals surface area contributed by atoms with Gasteiger partial charge >= 0.3 is 0 Å². The molecule has 3 aromatic carbocycles. The van der Waals surface area contributed by atoms with Gasteiger partial charge in [-0.1, -0.05) is 48.5 Å². The van der Waals surface area contributed by atoms with Gasteiger partial charge in [-0.15, -0.1) is 0 Å². The highest BCUT2D eigenvalue weighted by Gasteiger charge is 2.18. The van der Waals surface area contributed by atoms with Crippen LogP contribution in [0.25, 0.3) is 11.1 Å². The first-order valence-corrected chi connectivity index (χ1v) is 8.58. The van der Waals surface area contributed by atoms with Crippen LogP contribution in [0.3, 0.4) is 0 Å². The molecule has 136 valence electrons. The molecule has 27 heavy (non-hydrogen) atoms. The predicted octanol–water partition coefficient (Wildman–Crippen LogP) is 4.95. The molecule has 0 saturated carbocycles. The smallest absolute Gasteiger partial charge is 0.293 e. The lowest BCUT2D eigenvalue weighted by Gasteiger charge is -2.12. The van der Waals surface area contributed by atoms with Gasteiger partial charge in [0.1, 0.15) is 5.69 Å². The van der Waals surface area contributed by atoms with Crippen molar-refractivity contribution in [2.45, 2.75) is 6.92 Å². The number of nitro groups is 1. The minimum absolute atomic E-state index is 0.124. The van der Waals surface area contributed by atoms with Crippen LogP contribution in [0.15, 0.2) is 72.8 Å². The molecule has 3 aromatic rings. The average molecular weight is 361 g/mol. The van der Waals surface area contributed by atoms with Gasteiger partial charge in [-0.2, -0.15) is 0 Å². The number of anilines is 2. The maximum absolute atomic E-state index is 12.7. The second-order valence-corrected chi connectivity index (χ2v) is 5.89. The summed E-state index contributed by atoms with van der Waals surface area (Å²) >= 11 is 0. The molecule has 0 unspecified atom stereocenters. The number of para-hydroxylation sites is 1. The molecule has 0 saturated heterocycles. The number of benzene rings is 3. The third-order valence-electron chi connectivity index (χ3n) is 4.08. The van der Waals surface area contributed by atoms with Crippen molar-refractivity contribution >= 4 is 23.0 Å².